The van der Waals surface area contributed by atoms with Gasteiger partial charge in [0.2, 0.25) is 5.95 Å². The van der Waals surface area contributed by atoms with Gasteiger partial charge in [-0.15, -0.1) is 0 Å². The van der Waals surface area contributed by atoms with E-state index in [0.717, 1.165) is 24.4 Å². The minimum atomic E-state index is -4.64. The molecule has 1 aromatic heterocycles. The number of hydrogen-bond acceptors (Lipinski definition) is 4. The van der Waals surface area contributed by atoms with Gasteiger partial charge in [0.05, 0.1) is 5.56 Å². The van der Waals surface area contributed by atoms with E-state index in [0.29, 0.717) is 6.07 Å². The van der Waals surface area contributed by atoms with Crippen LogP contribution in [0.4, 0.5) is 27.9 Å². The van der Waals surface area contributed by atoms with Crippen LogP contribution in [-0.4, -0.2) is 21.6 Å². The normalized spacial score (nSPS) is 13.0. The van der Waals surface area contributed by atoms with E-state index in [1.807, 2.05) is 0 Å². The summed E-state index contributed by atoms with van der Waals surface area (Å²) in [6.45, 7) is -0.459. The topological polar surface area (TPSA) is 58.0 Å². The Kier molecular flexibility index (Phi) is 4.55. The number of aliphatic hydroxyl groups is 1. The van der Waals surface area contributed by atoms with Crippen LogP contribution >= 0.6 is 0 Å². The molecule has 22 heavy (non-hydrogen) atoms. The molecule has 1 unspecified atom stereocenters. The first-order chi connectivity index (χ1) is 10.3. The van der Waals surface area contributed by atoms with Crippen molar-refractivity contribution in [3.8, 4) is 0 Å². The van der Waals surface area contributed by atoms with E-state index in [1.165, 1.54) is 0 Å². The highest BCUT2D eigenvalue weighted by molar-refractivity contribution is 5.29. The van der Waals surface area contributed by atoms with Gasteiger partial charge in [-0.1, -0.05) is 6.07 Å². The monoisotopic (exact) mass is 319 g/mol. The van der Waals surface area contributed by atoms with Crippen molar-refractivity contribution in [2.24, 2.45) is 0 Å². The average molecular weight is 319 g/mol. The minimum absolute atomic E-state index is 0.411. The molecule has 0 bridgehead atoms. The van der Waals surface area contributed by atoms with E-state index in [9.17, 15) is 27.1 Å². The van der Waals surface area contributed by atoms with Crippen LogP contribution in [-0.2, 0) is 6.18 Å². The number of hydrogen-bond donors (Lipinski definition) is 2. The van der Waals surface area contributed by atoms with Crippen molar-refractivity contribution in [2.45, 2.75) is 12.3 Å². The zero-order valence-electron chi connectivity index (χ0n) is 10.9. The lowest BCUT2D eigenvalue weighted by atomic mass is 10.1. The summed E-state index contributed by atoms with van der Waals surface area (Å²) in [6.07, 6.45) is -5.37. The standard InChI is InChI=1S/C13H10F5N3O/c14-7-2-1-3-8(15)11(7)9(22)6-20-12-19-5-4-10(21-12)13(16,17)18/h1-5,9,22H,6H2,(H,19,20,21). The molecule has 0 spiro atoms. The highest BCUT2D eigenvalue weighted by atomic mass is 19.4. The first-order valence-corrected chi connectivity index (χ1v) is 6.05. The molecular formula is C13H10F5N3O. The molecule has 0 saturated heterocycles. The summed E-state index contributed by atoms with van der Waals surface area (Å²) in [5.41, 5.74) is -1.75. The third-order valence-electron chi connectivity index (χ3n) is 2.73. The average Bonchev–Trinajstić information content (AvgIpc) is 2.44. The molecule has 9 heteroatoms. The van der Waals surface area contributed by atoms with Gasteiger partial charge in [-0.05, 0) is 18.2 Å². The molecule has 0 fully saturated rings. The Morgan fingerprint density at radius 2 is 1.77 bits per heavy atom. The lowest BCUT2D eigenvalue weighted by Gasteiger charge is -2.14. The molecular weight excluding hydrogens is 309 g/mol. The predicted molar refractivity (Wildman–Crippen MR) is 66.8 cm³/mol. The largest absolute Gasteiger partial charge is 0.433 e. The third-order valence-corrected chi connectivity index (χ3v) is 2.73. The molecule has 1 heterocycles. The van der Waals surface area contributed by atoms with E-state index < -0.39 is 47.7 Å². The van der Waals surface area contributed by atoms with Crippen molar-refractivity contribution < 1.29 is 27.1 Å². The number of benzene rings is 1. The summed E-state index contributed by atoms with van der Waals surface area (Å²) in [5.74, 6) is -2.33. The van der Waals surface area contributed by atoms with Crippen LogP contribution in [0.25, 0.3) is 0 Å². The molecule has 1 atom stereocenters. The van der Waals surface area contributed by atoms with Crippen LogP contribution in [0.15, 0.2) is 30.5 Å². The number of alkyl halides is 3. The van der Waals surface area contributed by atoms with Crippen molar-refractivity contribution in [3.63, 3.8) is 0 Å². The molecule has 0 aliphatic carbocycles. The molecule has 0 radical (unpaired) electrons. The number of nitrogens with one attached hydrogen (secondary N) is 1. The van der Waals surface area contributed by atoms with Crippen LogP contribution in [0.2, 0.25) is 0 Å². The molecule has 2 N–H and O–H groups in total. The fraction of sp³-hybridized carbons (Fsp3) is 0.231. The Morgan fingerprint density at radius 1 is 1.14 bits per heavy atom. The van der Waals surface area contributed by atoms with Gasteiger partial charge in [0, 0.05) is 12.7 Å². The van der Waals surface area contributed by atoms with Crippen molar-refractivity contribution in [3.05, 3.63) is 53.4 Å². The Labute approximate surface area is 121 Å². The van der Waals surface area contributed by atoms with E-state index >= 15 is 0 Å². The van der Waals surface area contributed by atoms with Crippen LogP contribution in [0, 0.1) is 11.6 Å². The van der Waals surface area contributed by atoms with Gasteiger partial charge in [-0.3, -0.25) is 0 Å². The Bertz CT molecular complexity index is 642. The van der Waals surface area contributed by atoms with Crippen LogP contribution in [0.1, 0.15) is 17.4 Å². The van der Waals surface area contributed by atoms with Crippen molar-refractivity contribution in [2.75, 3.05) is 11.9 Å². The van der Waals surface area contributed by atoms with Gasteiger partial charge in [0.25, 0.3) is 0 Å². The Balaban J connectivity index is 2.10. The number of rotatable bonds is 4. The lowest BCUT2D eigenvalue weighted by molar-refractivity contribution is -0.141. The first-order valence-electron chi connectivity index (χ1n) is 6.05. The molecule has 2 aromatic rings. The van der Waals surface area contributed by atoms with Crippen LogP contribution in [0.3, 0.4) is 0 Å². The summed E-state index contributed by atoms with van der Waals surface area (Å²) in [5, 5.41) is 12.1. The number of halogens is 5. The van der Waals surface area contributed by atoms with Crippen LogP contribution < -0.4 is 5.32 Å². The molecule has 0 amide bonds. The quantitative estimate of drug-likeness (QED) is 0.851. The molecule has 118 valence electrons. The maximum Gasteiger partial charge on any atom is 0.433 e. The number of aromatic nitrogens is 2. The second kappa shape index (κ2) is 6.22. The summed E-state index contributed by atoms with van der Waals surface area (Å²) in [6, 6.07) is 3.73. The summed E-state index contributed by atoms with van der Waals surface area (Å²) in [7, 11) is 0. The molecule has 0 aliphatic heterocycles. The van der Waals surface area contributed by atoms with E-state index in [-0.39, 0.29) is 0 Å². The van der Waals surface area contributed by atoms with E-state index in [2.05, 4.69) is 15.3 Å². The highest BCUT2D eigenvalue weighted by Gasteiger charge is 2.32. The summed E-state index contributed by atoms with van der Waals surface area (Å²) < 4.78 is 64.3. The molecule has 4 nitrogen and oxygen atoms in total. The third kappa shape index (κ3) is 3.67. The van der Waals surface area contributed by atoms with Gasteiger partial charge in [-0.2, -0.15) is 13.2 Å². The Hall–Kier alpha value is -2.29. The maximum absolute atomic E-state index is 13.4. The molecule has 1 aromatic carbocycles. The zero-order chi connectivity index (χ0) is 16.3. The Morgan fingerprint density at radius 3 is 2.36 bits per heavy atom. The van der Waals surface area contributed by atoms with Crippen molar-refractivity contribution in [1.82, 2.24) is 9.97 Å². The van der Waals surface area contributed by atoms with Crippen molar-refractivity contribution >= 4 is 5.95 Å². The van der Waals surface area contributed by atoms with Crippen LogP contribution in [0.5, 0.6) is 0 Å². The number of aliphatic hydroxyl groups excluding tert-OH is 1. The fourth-order valence-corrected chi connectivity index (χ4v) is 1.72. The van der Waals surface area contributed by atoms with Gasteiger partial charge in [0.1, 0.15) is 23.4 Å². The van der Waals surface area contributed by atoms with Gasteiger partial charge in [0.15, 0.2) is 0 Å². The maximum atomic E-state index is 13.4. The van der Waals surface area contributed by atoms with Gasteiger partial charge >= 0.3 is 6.18 Å². The van der Waals surface area contributed by atoms with Gasteiger partial charge < -0.3 is 10.4 Å². The summed E-state index contributed by atoms with van der Waals surface area (Å²) in [4.78, 5) is 6.75. The second-order valence-electron chi connectivity index (χ2n) is 4.30. The summed E-state index contributed by atoms with van der Waals surface area (Å²) >= 11 is 0. The smallest absolute Gasteiger partial charge is 0.386 e. The molecule has 2 rings (SSSR count). The highest BCUT2D eigenvalue weighted by Crippen LogP contribution is 2.27. The molecule has 0 aliphatic rings. The minimum Gasteiger partial charge on any atom is -0.386 e. The predicted octanol–water partition coefficient (Wildman–Crippen LogP) is 2.92. The van der Waals surface area contributed by atoms with E-state index in [1.54, 1.807) is 0 Å². The second-order valence-corrected chi connectivity index (χ2v) is 4.30. The number of anilines is 1. The van der Waals surface area contributed by atoms with E-state index in [4.69, 9.17) is 0 Å². The number of nitrogens with zero attached hydrogens (tertiary/aromatic N) is 2. The van der Waals surface area contributed by atoms with Crippen molar-refractivity contribution in [1.29, 1.82) is 0 Å². The molecule has 0 saturated carbocycles. The first kappa shape index (κ1) is 16.1. The fourth-order valence-electron chi connectivity index (χ4n) is 1.72. The zero-order valence-corrected chi connectivity index (χ0v) is 10.9. The SMILES string of the molecule is OC(CNc1nccc(C(F)(F)F)n1)c1c(F)cccc1F. The van der Waals surface area contributed by atoms with Gasteiger partial charge in [-0.25, -0.2) is 18.7 Å². The lowest BCUT2D eigenvalue weighted by Crippen LogP contribution is -2.17.